The van der Waals surface area contributed by atoms with Gasteiger partial charge in [-0.05, 0) is 19.9 Å². The van der Waals surface area contributed by atoms with Crippen molar-refractivity contribution in [3.63, 3.8) is 0 Å². The first-order valence-electron chi connectivity index (χ1n) is 3.99. The molecule has 1 rings (SSSR count). The van der Waals surface area contributed by atoms with E-state index < -0.39 is 0 Å². The van der Waals surface area contributed by atoms with E-state index in [-0.39, 0.29) is 17.9 Å². The van der Waals surface area contributed by atoms with Gasteiger partial charge in [-0.2, -0.15) is 0 Å². The molecule has 3 N–H and O–H groups in total. The van der Waals surface area contributed by atoms with Gasteiger partial charge in [0.15, 0.2) is 0 Å². The number of carbonyl (C=O) groups excluding carboxylic acids is 1. The topological polar surface area (TPSA) is 80.9 Å². The molecule has 1 aromatic rings. The Hall–Kier alpha value is -1.65. The number of amides is 1. The predicted molar refractivity (Wildman–Crippen MR) is 49.0 cm³/mol. The summed E-state index contributed by atoms with van der Waals surface area (Å²) in [6, 6.07) is 1.61. The fraction of sp³-hybridized carbons (Fsp3) is 0.375. The van der Waals surface area contributed by atoms with Crippen molar-refractivity contribution in [3.8, 4) is 0 Å². The molecule has 5 nitrogen and oxygen atoms in total. The van der Waals surface area contributed by atoms with Gasteiger partial charge in [0, 0.05) is 12.2 Å². The van der Waals surface area contributed by atoms with Gasteiger partial charge < -0.3 is 11.1 Å². The van der Waals surface area contributed by atoms with Crippen molar-refractivity contribution in [1.82, 2.24) is 15.3 Å². The van der Waals surface area contributed by atoms with Crippen LogP contribution in [0.15, 0.2) is 12.3 Å². The van der Waals surface area contributed by atoms with Crippen molar-refractivity contribution >= 4 is 11.9 Å². The van der Waals surface area contributed by atoms with Crippen LogP contribution in [-0.2, 0) is 0 Å². The van der Waals surface area contributed by atoms with Gasteiger partial charge in [-0.3, -0.25) is 4.79 Å². The first kappa shape index (κ1) is 9.44. The van der Waals surface area contributed by atoms with Gasteiger partial charge in [-0.15, -0.1) is 0 Å². The van der Waals surface area contributed by atoms with Crippen molar-refractivity contribution in [2.75, 3.05) is 5.73 Å². The number of hydrogen-bond donors (Lipinski definition) is 2. The number of nitrogens with zero attached hydrogens (tertiary/aromatic N) is 2. The Labute approximate surface area is 76.4 Å². The number of anilines is 1. The molecule has 0 unspecified atom stereocenters. The third kappa shape index (κ3) is 2.70. The molecule has 70 valence electrons. The van der Waals surface area contributed by atoms with Crippen LogP contribution in [-0.4, -0.2) is 21.9 Å². The summed E-state index contributed by atoms with van der Waals surface area (Å²) in [5, 5.41) is 2.70. The Balaban J connectivity index is 2.77. The highest BCUT2D eigenvalue weighted by atomic mass is 16.1. The maximum Gasteiger partial charge on any atom is 0.270 e. The van der Waals surface area contributed by atoms with Crippen LogP contribution in [0.1, 0.15) is 24.3 Å². The van der Waals surface area contributed by atoms with Crippen LogP contribution in [0, 0.1) is 0 Å². The monoisotopic (exact) mass is 180 g/mol. The molecule has 5 heteroatoms. The lowest BCUT2D eigenvalue weighted by Crippen LogP contribution is -2.30. The van der Waals surface area contributed by atoms with Crippen LogP contribution in [0.25, 0.3) is 0 Å². The molecule has 0 radical (unpaired) electrons. The molecule has 1 heterocycles. The fourth-order valence-electron chi connectivity index (χ4n) is 0.836. The molecule has 0 aliphatic rings. The van der Waals surface area contributed by atoms with Gasteiger partial charge in [0.2, 0.25) is 5.95 Å². The van der Waals surface area contributed by atoms with Crippen molar-refractivity contribution in [2.24, 2.45) is 0 Å². The molecule has 0 atom stereocenters. The Kier molecular flexibility index (Phi) is 2.79. The predicted octanol–water partition coefficient (Wildman–Crippen LogP) is 0.197. The zero-order valence-electron chi connectivity index (χ0n) is 7.61. The number of nitrogens with two attached hydrogens (primary N) is 1. The smallest absolute Gasteiger partial charge is 0.270 e. The average Bonchev–Trinajstić information content (AvgIpc) is 2.03. The third-order valence-corrected chi connectivity index (χ3v) is 1.33. The Bertz CT molecular complexity index is 311. The second-order valence-electron chi connectivity index (χ2n) is 2.93. The Morgan fingerprint density at radius 2 is 2.31 bits per heavy atom. The number of nitrogens with one attached hydrogen (secondary N) is 1. The van der Waals surface area contributed by atoms with Crippen LogP contribution in [0.2, 0.25) is 0 Å². The number of carbonyl (C=O) groups is 1. The van der Waals surface area contributed by atoms with Gasteiger partial charge in [0.1, 0.15) is 5.69 Å². The van der Waals surface area contributed by atoms with Gasteiger partial charge in [-0.1, -0.05) is 0 Å². The molecule has 1 aromatic heterocycles. The summed E-state index contributed by atoms with van der Waals surface area (Å²) in [4.78, 5) is 18.8. The molecule has 0 fully saturated rings. The van der Waals surface area contributed by atoms with E-state index in [0.717, 1.165) is 0 Å². The fourth-order valence-corrected chi connectivity index (χ4v) is 0.836. The molecule has 0 spiro atoms. The van der Waals surface area contributed by atoms with Gasteiger partial charge in [0.25, 0.3) is 5.91 Å². The molecule has 0 saturated heterocycles. The van der Waals surface area contributed by atoms with E-state index in [4.69, 9.17) is 5.73 Å². The first-order chi connectivity index (χ1) is 6.09. The van der Waals surface area contributed by atoms with Crippen LogP contribution in [0.5, 0.6) is 0 Å². The SMILES string of the molecule is CC(C)NC(=O)c1ccnc(N)n1. The second-order valence-corrected chi connectivity index (χ2v) is 2.93. The van der Waals surface area contributed by atoms with Crippen molar-refractivity contribution in [3.05, 3.63) is 18.0 Å². The van der Waals surface area contributed by atoms with Gasteiger partial charge >= 0.3 is 0 Å². The zero-order valence-corrected chi connectivity index (χ0v) is 7.61. The molecule has 0 aliphatic heterocycles. The molecule has 13 heavy (non-hydrogen) atoms. The molecule has 0 bridgehead atoms. The van der Waals surface area contributed by atoms with Crippen molar-refractivity contribution in [1.29, 1.82) is 0 Å². The van der Waals surface area contributed by atoms with Crippen LogP contribution < -0.4 is 11.1 Å². The first-order valence-corrected chi connectivity index (χ1v) is 3.99. The van der Waals surface area contributed by atoms with E-state index in [1.807, 2.05) is 13.8 Å². The largest absolute Gasteiger partial charge is 0.368 e. The normalized spacial score (nSPS) is 10.1. The summed E-state index contributed by atoms with van der Waals surface area (Å²) in [6.07, 6.45) is 1.46. The van der Waals surface area contributed by atoms with E-state index in [0.29, 0.717) is 5.69 Å². The quantitative estimate of drug-likeness (QED) is 0.681. The highest BCUT2D eigenvalue weighted by molar-refractivity contribution is 5.92. The summed E-state index contributed by atoms with van der Waals surface area (Å²) in [5.41, 5.74) is 5.62. The molecular weight excluding hydrogens is 168 g/mol. The summed E-state index contributed by atoms with van der Waals surface area (Å²) < 4.78 is 0. The summed E-state index contributed by atoms with van der Waals surface area (Å²) in [6.45, 7) is 3.75. The maximum absolute atomic E-state index is 11.4. The molecule has 1 amide bonds. The summed E-state index contributed by atoms with van der Waals surface area (Å²) in [7, 11) is 0. The molecule has 0 aromatic carbocycles. The van der Waals surface area contributed by atoms with Crippen molar-refractivity contribution < 1.29 is 4.79 Å². The Morgan fingerprint density at radius 3 is 2.85 bits per heavy atom. The molecule has 0 saturated carbocycles. The number of nitrogen functional groups attached to an aromatic ring is 1. The molecular formula is C8H12N4O. The number of hydrogen-bond acceptors (Lipinski definition) is 4. The minimum Gasteiger partial charge on any atom is -0.368 e. The van der Waals surface area contributed by atoms with E-state index >= 15 is 0 Å². The lowest BCUT2D eigenvalue weighted by molar-refractivity contribution is 0.0938. The minimum absolute atomic E-state index is 0.0867. The maximum atomic E-state index is 11.4. The summed E-state index contributed by atoms with van der Waals surface area (Å²) >= 11 is 0. The van der Waals surface area contributed by atoms with Crippen LogP contribution >= 0.6 is 0 Å². The van der Waals surface area contributed by atoms with E-state index in [2.05, 4.69) is 15.3 Å². The lowest BCUT2D eigenvalue weighted by Gasteiger charge is -2.06. The standard InChI is InChI=1S/C8H12N4O/c1-5(2)11-7(13)6-3-4-10-8(9)12-6/h3-5H,1-2H3,(H,11,13)(H2,9,10,12). The van der Waals surface area contributed by atoms with Crippen molar-refractivity contribution in [2.45, 2.75) is 19.9 Å². The second kappa shape index (κ2) is 3.84. The number of rotatable bonds is 2. The van der Waals surface area contributed by atoms with Crippen LogP contribution in [0.4, 0.5) is 5.95 Å². The summed E-state index contributed by atoms with van der Waals surface area (Å²) in [5.74, 6) is -0.125. The lowest BCUT2D eigenvalue weighted by atomic mass is 10.3. The number of aromatic nitrogens is 2. The highest BCUT2D eigenvalue weighted by Gasteiger charge is 2.07. The van der Waals surface area contributed by atoms with E-state index in [1.165, 1.54) is 12.3 Å². The Morgan fingerprint density at radius 1 is 1.62 bits per heavy atom. The van der Waals surface area contributed by atoms with E-state index in [9.17, 15) is 4.79 Å². The average molecular weight is 180 g/mol. The highest BCUT2D eigenvalue weighted by Crippen LogP contribution is 1.96. The van der Waals surface area contributed by atoms with Gasteiger partial charge in [-0.25, -0.2) is 9.97 Å². The minimum atomic E-state index is -0.232. The van der Waals surface area contributed by atoms with Gasteiger partial charge in [0.05, 0.1) is 0 Å². The third-order valence-electron chi connectivity index (χ3n) is 1.33. The zero-order chi connectivity index (χ0) is 9.84. The van der Waals surface area contributed by atoms with Crippen LogP contribution in [0.3, 0.4) is 0 Å². The van der Waals surface area contributed by atoms with E-state index in [1.54, 1.807) is 0 Å². The molecule has 0 aliphatic carbocycles.